The Kier molecular flexibility index (Phi) is 4.57. The molecule has 1 saturated heterocycles. The molecule has 1 amide bonds. The second-order valence-corrected chi connectivity index (χ2v) is 6.91. The molecular weight excluding hydrogens is 310 g/mol. The Bertz CT molecular complexity index is 687. The van der Waals surface area contributed by atoms with Crippen molar-refractivity contribution in [3.8, 4) is 0 Å². The summed E-state index contributed by atoms with van der Waals surface area (Å²) in [7, 11) is -4.14. The third-order valence-corrected chi connectivity index (χ3v) is 4.83. The Balaban J connectivity index is 2.16. The van der Waals surface area contributed by atoms with Crippen molar-refractivity contribution in [2.75, 3.05) is 13.1 Å². The van der Waals surface area contributed by atoms with Gasteiger partial charge < -0.3 is 10.0 Å². The van der Waals surface area contributed by atoms with Crippen LogP contribution in [0, 0.1) is 5.92 Å². The zero-order chi connectivity index (χ0) is 16.5. The first-order valence-corrected chi connectivity index (χ1v) is 8.42. The molecule has 0 radical (unpaired) electrons. The van der Waals surface area contributed by atoms with Crippen molar-refractivity contribution >= 4 is 22.1 Å². The largest absolute Gasteiger partial charge is 0.477 e. The lowest BCUT2D eigenvalue weighted by Gasteiger charge is -2.31. The van der Waals surface area contributed by atoms with Crippen LogP contribution in [0.25, 0.3) is 0 Å². The molecule has 2 heterocycles. The molecular formula is C13H19N3O5S. The summed E-state index contributed by atoms with van der Waals surface area (Å²) < 4.78 is 23.4. The standard InChI is InChI=1S/C13H19N3O5S/c1-9(17)15-5-2-10(3-6-15)8-11-4-7-16(22(14,20)21)12(11)13(18)19/h4,7,10H,2-3,5-6,8H2,1H3,(H,18,19)(H2,14,20,21). The summed E-state index contributed by atoms with van der Waals surface area (Å²) >= 11 is 0. The van der Waals surface area contributed by atoms with E-state index in [-0.39, 0.29) is 17.5 Å². The van der Waals surface area contributed by atoms with Gasteiger partial charge in [-0.05, 0) is 36.8 Å². The van der Waals surface area contributed by atoms with E-state index in [0.717, 1.165) is 12.8 Å². The second-order valence-electron chi connectivity index (χ2n) is 5.49. The van der Waals surface area contributed by atoms with Gasteiger partial charge in [-0.25, -0.2) is 13.9 Å². The monoisotopic (exact) mass is 329 g/mol. The SMILES string of the molecule is CC(=O)N1CCC(Cc2ccn(S(N)(=O)=O)c2C(=O)O)CC1. The highest BCUT2D eigenvalue weighted by Crippen LogP contribution is 2.24. The maximum absolute atomic E-state index is 11.4. The number of carboxylic acid groups (broad SMARTS) is 1. The van der Waals surface area contributed by atoms with Crippen LogP contribution in [0.2, 0.25) is 0 Å². The van der Waals surface area contributed by atoms with Crippen molar-refractivity contribution in [3.63, 3.8) is 0 Å². The summed E-state index contributed by atoms with van der Waals surface area (Å²) in [5.41, 5.74) is 0.138. The first-order valence-electron chi connectivity index (χ1n) is 6.92. The van der Waals surface area contributed by atoms with Gasteiger partial charge in [0, 0.05) is 26.2 Å². The fourth-order valence-corrected chi connectivity index (χ4v) is 3.50. The number of hydrogen-bond acceptors (Lipinski definition) is 4. The molecule has 1 fully saturated rings. The summed E-state index contributed by atoms with van der Waals surface area (Å²) in [6.45, 7) is 2.80. The average molecular weight is 329 g/mol. The maximum atomic E-state index is 11.4. The Morgan fingerprint density at radius 1 is 1.36 bits per heavy atom. The third-order valence-electron chi connectivity index (χ3n) is 3.98. The highest BCUT2D eigenvalue weighted by Gasteiger charge is 2.26. The lowest BCUT2D eigenvalue weighted by atomic mass is 9.90. The molecule has 0 bridgehead atoms. The van der Waals surface area contributed by atoms with Gasteiger partial charge in [0.05, 0.1) is 0 Å². The lowest BCUT2D eigenvalue weighted by Crippen LogP contribution is -2.37. The Hall–Kier alpha value is -1.87. The number of piperidine rings is 1. The molecule has 8 nitrogen and oxygen atoms in total. The van der Waals surface area contributed by atoms with Gasteiger partial charge >= 0.3 is 16.2 Å². The number of likely N-dealkylation sites (tertiary alicyclic amines) is 1. The topological polar surface area (TPSA) is 123 Å². The van der Waals surface area contributed by atoms with E-state index in [1.807, 2.05) is 0 Å². The molecule has 122 valence electrons. The zero-order valence-electron chi connectivity index (χ0n) is 12.2. The molecule has 1 aromatic heterocycles. The fourth-order valence-electron chi connectivity index (χ4n) is 2.82. The number of carboxylic acids is 1. The first-order chi connectivity index (χ1) is 10.2. The number of amides is 1. The predicted octanol–water partition coefficient (Wildman–Crippen LogP) is 0.0389. The zero-order valence-corrected chi connectivity index (χ0v) is 13.0. The van der Waals surface area contributed by atoms with Gasteiger partial charge in [0.15, 0.2) is 0 Å². The molecule has 2 rings (SSSR count). The number of nitrogens with zero attached hydrogens (tertiary/aromatic N) is 2. The second kappa shape index (κ2) is 6.09. The lowest BCUT2D eigenvalue weighted by molar-refractivity contribution is -0.130. The minimum atomic E-state index is -4.14. The quantitative estimate of drug-likeness (QED) is 0.807. The van der Waals surface area contributed by atoms with Crippen LogP contribution in [0.15, 0.2) is 12.3 Å². The molecule has 0 spiro atoms. The van der Waals surface area contributed by atoms with Crippen LogP contribution in [-0.2, 0) is 21.4 Å². The summed E-state index contributed by atoms with van der Waals surface area (Å²) in [4.78, 5) is 24.4. The maximum Gasteiger partial charge on any atom is 0.353 e. The molecule has 0 atom stereocenters. The van der Waals surface area contributed by atoms with Gasteiger partial charge in [0.25, 0.3) is 0 Å². The van der Waals surface area contributed by atoms with Crippen LogP contribution in [-0.4, -0.2) is 47.4 Å². The summed E-state index contributed by atoms with van der Waals surface area (Å²) in [5.74, 6) is -1.08. The van der Waals surface area contributed by atoms with Crippen LogP contribution in [0.1, 0.15) is 35.8 Å². The number of hydrogen-bond donors (Lipinski definition) is 2. The van der Waals surface area contributed by atoms with Crippen molar-refractivity contribution in [2.45, 2.75) is 26.2 Å². The van der Waals surface area contributed by atoms with Crippen molar-refractivity contribution in [1.29, 1.82) is 0 Å². The van der Waals surface area contributed by atoms with Gasteiger partial charge in [-0.15, -0.1) is 0 Å². The molecule has 9 heteroatoms. The Morgan fingerprint density at radius 2 is 1.95 bits per heavy atom. The molecule has 22 heavy (non-hydrogen) atoms. The van der Waals surface area contributed by atoms with Crippen LogP contribution in [0.4, 0.5) is 0 Å². The summed E-state index contributed by atoms with van der Waals surface area (Å²) in [6.07, 6.45) is 3.15. The Labute approximate surface area is 128 Å². The first kappa shape index (κ1) is 16.5. The van der Waals surface area contributed by atoms with E-state index in [2.05, 4.69) is 0 Å². The number of nitrogens with two attached hydrogens (primary N) is 1. The fraction of sp³-hybridized carbons (Fsp3) is 0.538. The normalized spacial score (nSPS) is 16.7. The highest BCUT2D eigenvalue weighted by atomic mass is 32.2. The van der Waals surface area contributed by atoms with Crippen molar-refractivity contribution in [2.24, 2.45) is 11.1 Å². The number of rotatable bonds is 4. The molecule has 1 aliphatic heterocycles. The molecule has 1 aliphatic rings. The van der Waals surface area contributed by atoms with Crippen LogP contribution < -0.4 is 5.14 Å². The van der Waals surface area contributed by atoms with Crippen LogP contribution >= 0.6 is 0 Å². The van der Waals surface area contributed by atoms with E-state index in [0.29, 0.717) is 29.0 Å². The minimum Gasteiger partial charge on any atom is -0.477 e. The van der Waals surface area contributed by atoms with Crippen molar-refractivity contribution in [1.82, 2.24) is 8.87 Å². The average Bonchev–Trinajstić information content (AvgIpc) is 2.83. The van der Waals surface area contributed by atoms with Gasteiger partial charge in [-0.2, -0.15) is 8.42 Å². The van der Waals surface area contributed by atoms with Gasteiger partial charge in [0.2, 0.25) is 5.91 Å². The van der Waals surface area contributed by atoms with Gasteiger partial charge in [0.1, 0.15) is 5.69 Å². The van der Waals surface area contributed by atoms with E-state index in [1.54, 1.807) is 4.90 Å². The molecule has 0 saturated carbocycles. The number of carbonyl (C=O) groups is 2. The number of aromatic nitrogens is 1. The molecule has 0 aromatic carbocycles. The van der Waals surface area contributed by atoms with Gasteiger partial charge in [-0.1, -0.05) is 0 Å². The van der Waals surface area contributed by atoms with E-state index >= 15 is 0 Å². The van der Waals surface area contributed by atoms with Crippen LogP contribution in [0.5, 0.6) is 0 Å². The van der Waals surface area contributed by atoms with Crippen molar-refractivity contribution in [3.05, 3.63) is 23.5 Å². The van der Waals surface area contributed by atoms with E-state index in [4.69, 9.17) is 5.14 Å². The predicted molar refractivity (Wildman–Crippen MR) is 78.6 cm³/mol. The molecule has 3 N–H and O–H groups in total. The van der Waals surface area contributed by atoms with Crippen molar-refractivity contribution < 1.29 is 23.1 Å². The third kappa shape index (κ3) is 3.47. The smallest absolute Gasteiger partial charge is 0.353 e. The van der Waals surface area contributed by atoms with Gasteiger partial charge in [-0.3, -0.25) is 4.79 Å². The number of carbonyl (C=O) groups excluding carboxylic acids is 1. The molecule has 1 aromatic rings. The van der Waals surface area contributed by atoms with E-state index in [9.17, 15) is 23.1 Å². The van der Waals surface area contributed by atoms with Crippen LogP contribution in [0.3, 0.4) is 0 Å². The Morgan fingerprint density at radius 3 is 2.41 bits per heavy atom. The van der Waals surface area contributed by atoms with E-state index < -0.39 is 16.2 Å². The summed E-state index contributed by atoms with van der Waals surface area (Å²) in [5, 5.41) is 14.3. The minimum absolute atomic E-state index is 0.0325. The molecule has 0 unspecified atom stereocenters. The summed E-state index contributed by atoms with van der Waals surface area (Å²) in [6, 6.07) is 1.48. The van der Waals surface area contributed by atoms with E-state index in [1.165, 1.54) is 19.2 Å². The highest BCUT2D eigenvalue weighted by molar-refractivity contribution is 7.87. The number of aromatic carboxylic acids is 1. The molecule has 0 aliphatic carbocycles.